The molecule has 4 heteroatoms. The molecule has 1 N–H and O–H groups in total. The second-order valence-corrected chi connectivity index (χ2v) is 11.9. The van der Waals surface area contributed by atoms with Gasteiger partial charge < -0.3 is 15.0 Å². The summed E-state index contributed by atoms with van der Waals surface area (Å²) in [6.45, 7) is 16.4. The molecule has 1 atom stereocenters. The van der Waals surface area contributed by atoms with Crippen molar-refractivity contribution in [3.8, 4) is 0 Å². The summed E-state index contributed by atoms with van der Waals surface area (Å²) in [7, 11) is 0. The summed E-state index contributed by atoms with van der Waals surface area (Å²) in [5, 5.41) is 3.73. The molecule has 0 aromatic carbocycles. The number of hydrogen-bond donors (Lipinski definition) is 1. The molecule has 0 saturated carbocycles. The fourth-order valence-electron chi connectivity index (χ4n) is 6.33. The summed E-state index contributed by atoms with van der Waals surface area (Å²) in [4.78, 5) is 16.1. The number of nitrogens with zero attached hydrogens (tertiary/aromatic N) is 1. The molecule has 0 radical (unpaired) electrons. The Labute approximate surface area is 193 Å². The number of carbonyl (C=O) groups is 1. The highest BCUT2D eigenvalue weighted by Gasteiger charge is 2.62. The number of carbonyl (C=O) groups excluding carboxylic acids is 1. The molecule has 2 aliphatic rings. The lowest BCUT2D eigenvalue weighted by Crippen LogP contribution is -2.65. The van der Waals surface area contributed by atoms with Crippen LogP contribution in [0.5, 0.6) is 0 Å². The van der Waals surface area contributed by atoms with Crippen molar-refractivity contribution in [1.29, 1.82) is 0 Å². The first-order valence-corrected chi connectivity index (χ1v) is 13.3. The Kier molecular flexibility index (Phi) is 9.46. The molecule has 1 spiro atoms. The minimum atomic E-state index is -0.682. The van der Waals surface area contributed by atoms with Crippen molar-refractivity contribution in [1.82, 2.24) is 10.2 Å². The van der Waals surface area contributed by atoms with Gasteiger partial charge in [0.2, 0.25) is 0 Å². The van der Waals surface area contributed by atoms with E-state index in [9.17, 15) is 4.79 Å². The Morgan fingerprint density at radius 3 is 1.81 bits per heavy atom. The van der Waals surface area contributed by atoms with Crippen molar-refractivity contribution >= 4 is 5.91 Å². The molecule has 182 valence electrons. The molecule has 4 nitrogen and oxygen atoms in total. The SMILES string of the molecule is CCCCCCCCCC1(C)OC2(CC(C)(C)NC(C)(C)C2)C(=O)N1CCCCCC. The van der Waals surface area contributed by atoms with Crippen molar-refractivity contribution < 1.29 is 9.53 Å². The number of piperidine rings is 1. The van der Waals surface area contributed by atoms with E-state index in [-0.39, 0.29) is 17.0 Å². The summed E-state index contributed by atoms with van der Waals surface area (Å²) in [6, 6.07) is 0. The van der Waals surface area contributed by atoms with Crippen molar-refractivity contribution in [3.05, 3.63) is 0 Å². The Morgan fingerprint density at radius 1 is 0.774 bits per heavy atom. The Morgan fingerprint density at radius 2 is 1.26 bits per heavy atom. The predicted molar refractivity (Wildman–Crippen MR) is 131 cm³/mol. The number of ether oxygens (including phenoxy) is 1. The van der Waals surface area contributed by atoms with Gasteiger partial charge in [-0.1, -0.05) is 71.6 Å². The quantitative estimate of drug-likeness (QED) is 0.317. The highest BCUT2D eigenvalue weighted by molar-refractivity contribution is 5.88. The van der Waals surface area contributed by atoms with Crippen molar-refractivity contribution in [2.75, 3.05) is 6.54 Å². The Bertz CT molecular complexity index is 556. The normalized spacial score (nSPS) is 26.7. The molecular formula is C27H52N2O2. The topological polar surface area (TPSA) is 41.6 Å². The van der Waals surface area contributed by atoms with Crippen LogP contribution in [0.1, 0.15) is 138 Å². The van der Waals surface area contributed by atoms with Gasteiger partial charge in [0.25, 0.3) is 5.91 Å². The van der Waals surface area contributed by atoms with Gasteiger partial charge in [-0.2, -0.15) is 0 Å². The lowest BCUT2D eigenvalue weighted by atomic mass is 9.72. The van der Waals surface area contributed by atoms with E-state index in [1.807, 2.05) is 0 Å². The number of unbranched alkanes of at least 4 members (excludes halogenated alkanes) is 9. The average Bonchev–Trinajstić information content (AvgIpc) is 2.82. The average molecular weight is 437 g/mol. The monoisotopic (exact) mass is 436 g/mol. The van der Waals surface area contributed by atoms with E-state index >= 15 is 0 Å². The second-order valence-electron chi connectivity index (χ2n) is 11.9. The predicted octanol–water partition coefficient (Wildman–Crippen LogP) is 6.96. The highest BCUT2D eigenvalue weighted by Crippen LogP contribution is 2.49. The van der Waals surface area contributed by atoms with Gasteiger partial charge in [-0.3, -0.25) is 4.79 Å². The molecule has 31 heavy (non-hydrogen) atoms. The van der Waals surface area contributed by atoms with Crippen LogP contribution in [0.2, 0.25) is 0 Å². The van der Waals surface area contributed by atoms with Crippen molar-refractivity contribution in [3.63, 3.8) is 0 Å². The van der Waals surface area contributed by atoms with E-state index in [0.29, 0.717) is 0 Å². The highest BCUT2D eigenvalue weighted by atomic mass is 16.6. The zero-order chi connectivity index (χ0) is 23.2. The van der Waals surface area contributed by atoms with Gasteiger partial charge >= 0.3 is 0 Å². The van der Waals surface area contributed by atoms with Crippen LogP contribution in [-0.2, 0) is 9.53 Å². The summed E-state index contributed by atoms with van der Waals surface area (Å²) in [6.07, 6.45) is 16.2. The molecule has 2 heterocycles. The molecule has 2 fully saturated rings. The third-order valence-corrected chi connectivity index (χ3v) is 7.23. The summed E-state index contributed by atoms with van der Waals surface area (Å²) < 4.78 is 6.91. The maximum Gasteiger partial charge on any atom is 0.257 e. The van der Waals surface area contributed by atoms with Crippen LogP contribution in [0.3, 0.4) is 0 Å². The molecule has 2 aliphatic heterocycles. The van der Waals surface area contributed by atoms with E-state index in [0.717, 1.165) is 38.6 Å². The smallest absolute Gasteiger partial charge is 0.257 e. The molecule has 0 aliphatic carbocycles. The fourth-order valence-corrected chi connectivity index (χ4v) is 6.33. The summed E-state index contributed by atoms with van der Waals surface area (Å²) >= 11 is 0. The zero-order valence-corrected chi connectivity index (χ0v) is 21.9. The largest absolute Gasteiger partial charge is 0.339 e. The minimum absolute atomic E-state index is 0.115. The van der Waals surface area contributed by atoms with Crippen molar-refractivity contribution in [2.45, 2.75) is 161 Å². The van der Waals surface area contributed by atoms with Crippen LogP contribution in [0.25, 0.3) is 0 Å². The zero-order valence-electron chi connectivity index (χ0n) is 21.9. The summed E-state index contributed by atoms with van der Waals surface area (Å²) in [5.74, 6) is 0.247. The van der Waals surface area contributed by atoms with Gasteiger partial charge in [0.1, 0.15) is 5.72 Å². The van der Waals surface area contributed by atoms with E-state index in [1.54, 1.807) is 0 Å². The first kappa shape index (κ1) is 26.6. The molecular weight excluding hydrogens is 384 g/mol. The first-order valence-electron chi connectivity index (χ1n) is 13.3. The van der Waals surface area contributed by atoms with Gasteiger partial charge in [0, 0.05) is 30.5 Å². The van der Waals surface area contributed by atoms with Crippen LogP contribution in [0.15, 0.2) is 0 Å². The molecule has 0 bridgehead atoms. The number of amides is 1. The Balaban J connectivity index is 2.10. The molecule has 2 rings (SSSR count). The maximum atomic E-state index is 13.9. The fraction of sp³-hybridized carbons (Fsp3) is 0.963. The van der Waals surface area contributed by atoms with Crippen LogP contribution < -0.4 is 5.32 Å². The minimum Gasteiger partial charge on any atom is -0.339 e. The van der Waals surface area contributed by atoms with Gasteiger partial charge in [0.15, 0.2) is 5.60 Å². The Hall–Kier alpha value is -0.610. The van der Waals surface area contributed by atoms with E-state index in [1.165, 1.54) is 57.8 Å². The first-order chi connectivity index (χ1) is 14.5. The molecule has 0 aromatic rings. The lowest BCUT2D eigenvalue weighted by molar-refractivity contribution is -0.165. The molecule has 1 unspecified atom stereocenters. The van der Waals surface area contributed by atoms with Crippen molar-refractivity contribution in [2.24, 2.45) is 0 Å². The lowest BCUT2D eigenvalue weighted by Gasteiger charge is -2.50. The van der Waals surface area contributed by atoms with E-state index in [2.05, 4.69) is 58.7 Å². The van der Waals surface area contributed by atoms with Gasteiger partial charge in [-0.05, 0) is 53.9 Å². The molecule has 0 aromatic heterocycles. The number of rotatable bonds is 13. The third-order valence-electron chi connectivity index (χ3n) is 7.23. The number of nitrogens with one attached hydrogen (secondary N) is 1. The van der Waals surface area contributed by atoms with Crippen LogP contribution in [0.4, 0.5) is 0 Å². The van der Waals surface area contributed by atoms with E-state index in [4.69, 9.17) is 4.74 Å². The third kappa shape index (κ3) is 7.19. The van der Waals surface area contributed by atoms with Gasteiger partial charge in [-0.15, -0.1) is 0 Å². The maximum absolute atomic E-state index is 13.9. The molecule has 2 saturated heterocycles. The second kappa shape index (κ2) is 11.0. The van der Waals surface area contributed by atoms with Crippen LogP contribution in [0, 0.1) is 0 Å². The number of hydrogen-bond acceptors (Lipinski definition) is 3. The van der Waals surface area contributed by atoms with Crippen LogP contribution >= 0.6 is 0 Å². The summed E-state index contributed by atoms with van der Waals surface area (Å²) in [5.41, 5.74) is -1.37. The van der Waals surface area contributed by atoms with Gasteiger partial charge in [0.05, 0.1) is 0 Å². The van der Waals surface area contributed by atoms with Crippen LogP contribution in [-0.4, -0.2) is 39.8 Å². The van der Waals surface area contributed by atoms with E-state index < -0.39 is 11.3 Å². The standard InChI is InChI=1S/C27H52N2O2/c1-8-10-12-14-15-16-17-19-26(7)29(20-18-13-11-9-2)23(30)27(31-26)21-24(3,4)28-25(5,6)22-27/h28H,8-22H2,1-7H3. The molecule has 1 amide bonds. The van der Waals surface area contributed by atoms with Gasteiger partial charge in [-0.25, -0.2) is 0 Å².